The number of rotatable bonds is 13. The van der Waals surface area contributed by atoms with Crippen LogP contribution in [-0.2, 0) is 26.0 Å². The first-order chi connectivity index (χ1) is 30.3. The maximum atomic E-state index is 14.4. The number of carbonyl (C=O) groups excluding carboxylic acids is 1. The summed E-state index contributed by atoms with van der Waals surface area (Å²) in [5.74, 6) is 2.24. The van der Waals surface area contributed by atoms with Crippen molar-refractivity contribution < 1.29 is 22.3 Å². The Hall–Kier alpha value is -4.90. The average molecular weight is 907 g/mol. The van der Waals surface area contributed by atoms with Crippen LogP contribution in [0.4, 0.5) is 11.4 Å². The lowest BCUT2D eigenvalue weighted by Gasteiger charge is -2.72. The van der Waals surface area contributed by atoms with E-state index in [2.05, 4.69) is 46.5 Å². The number of H-pyrrole nitrogens is 1. The Bertz CT molecular complexity index is 2980. The summed E-state index contributed by atoms with van der Waals surface area (Å²) < 4.78 is 44.1. The minimum absolute atomic E-state index is 0.00437. The molecule has 11 rings (SSSR count). The number of nitrogens with zero attached hydrogens (tertiary/aromatic N) is 7. The fourth-order valence-electron chi connectivity index (χ4n) is 11.9. The third kappa shape index (κ3) is 7.87. The molecule has 2 saturated heterocycles. The van der Waals surface area contributed by atoms with Crippen molar-refractivity contribution >= 4 is 64.6 Å². The Morgan fingerprint density at radius 1 is 1.00 bits per heavy atom. The van der Waals surface area contributed by atoms with Crippen LogP contribution in [0.3, 0.4) is 0 Å². The highest BCUT2D eigenvalue weighted by atomic mass is 32.2. The first-order valence-corrected chi connectivity index (χ1v) is 26.3. The van der Waals surface area contributed by atoms with Gasteiger partial charge in [-0.1, -0.05) is 38.0 Å². The maximum Gasteiger partial charge on any atom is 0.273 e. The molecule has 3 aromatic heterocycles. The number of aromatic amines is 1. The van der Waals surface area contributed by atoms with Gasteiger partial charge < -0.3 is 4.90 Å². The number of nitro groups is 1. The Balaban J connectivity index is 0.907. The second-order valence-electron chi connectivity index (χ2n) is 20.8. The predicted octanol–water partition coefficient (Wildman–Crippen LogP) is 7.41. The summed E-state index contributed by atoms with van der Waals surface area (Å²) in [4.78, 5) is 39.8. The SMILES string of the molecule is C=S(C)(=O)N1CCC(Cc2ccc(S(=O)(=O)CC(=O)c3ccc(N4CCN(CC5=C(C67CC(C)(C6)C7)CC(C)(C)CC5)CC4)cc3-n3[nH]cc4nc5nccc5cc43)cc2[N+](=O)[O-])C1. The fourth-order valence-corrected chi connectivity index (χ4v) is 14.2. The maximum absolute atomic E-state index is 14.4. The molecule has 4 aliphatic carbocycles. The zero-order chi connectivity index (χ0) is 45.0. The third-order valence-corrected chi connectivity index (χ3v) is 18.1. The van der Waals surface area contributed by atoms with Crippen molar-refractivity contribution in [3.63, 3.8) is 0 Å². The smallest absolute Gasteiger partial charge is 0.273 e. The van der Waals surface area contributed by atoms with Crippen LogP contribution in [0.25, 0.3) is 27.8 Å². The van der Waals surface area contributed by atoms with Gasteiger partial charge in [0.05, 0.1) is 21.0 Å². The predicted molar refractivity (Wildman–Crippen MR) is 252 cm³/mol. The zero-order valence-electron chi connectivity index (χ0n) is 37.3. The summed E-state index contributed by atoms with van der Waals surface area (Å²) in [7, 11) is -6.72. The van der Waals surface area contributed by atoms with Gasteiger partial charge in [0.15, 0.2) is 21.3 Å². The lowest BCUT2D eigenvalue weighted by atomic mass is 9.33. The molecule has 6 aliphatic rings. The molecule has 2 aromatic carbocycles. The number of hydrogen-bond donors (Lipinski definition) is 1. The third-order valence-electron chi connectivity index (χ3n) is 15.1. The van der Waals surface area contributed by atoms with Crippen molar-refractivity contribution in [2.24, 2.45) is 22.2 Å². The average Bonchev–Trinajstić information content (AvgIpc) is 3.99. The zero-order valence-corrected chi connectivity index (χ0v) is 38.9. The summed E-state index contributed by atoms with van der Waals surface area (Å²) in [5.41, 5.74) is 8.43. The normalized spacial score (nSPS) is 25.9. The van der Waals surface area contributed by atoms with Crippen LogP contribution >= 0.6 is 0 Å². The van der Waals surface area contributed by atoms with Gasteiger partial charge in [-0.15, -0.1) is 0 Å². The monoisotopic (exact) mass is 906 g/mol. The molecule has 2 bridgehead atoms. The van der Waals surface area contributed by atoms with E-state index in [-0.39, 0.29) is 22.1 Å². The van der Waals surface area contributed by atoms with Gasteiger partial charge in [-0.3, -0.25) is 33.8 Å². The molecule has 5 aromatic rings. The molecule has 3 saturated carbocycles. The van der Waals surface area contributed by atoms with E-state index in [1.807, 2.05) is 24.3 Å². The number of nitro benzene ring substituents is 1. The van der Waals surface area contributed by atoms with E-state index in [1.54, 1.807) is 44.8 Å². The molecule has 16 heteroatoms. The van der Waals surface area contributed by atoms with Gasteiger partial charge in [-0.25, -0.2) is 22.7 Å². The molecule has 2 unspecified atom stereocenters. The van der Waals surface area contributed by atoms with E-state index in [9.17, 15) is 27.5 Å². The minimum Gasteiger partial charge on any atom is -0.369 e. The molecule has 64 heavy (non-hydrogen) atoms. The fraction of sp³-hybridized carbons (Fsp3) is 0.500. The van der Waals surface area contributed by atoms with E-state index in [0.29, 0.717) is 70.1 Å². The molecule has 338 valence electrons. The number of benzene rings is 2. The molecule has 0 spiro atoms. The minimum atomic E-state index is -4.32. The van der Waals surface area contributed by atoms with Gasteiger partial charge in [-0.05, 0) is 116 Å². The Morgan fingerprint density at radius 2 is 1.77 bits per heavy atom. The van der Waals surface area contributed by atoms with Gasteiger partial charge in [0.2, 0.25) is 0 Å². The van der Waals surface area contributed by atoms with Crippen LogP contribution in [0.1, 0.15) is 81.6 Å². The lowest BCUT2D eigenvalue weighted by molar-refractivity contribution is -0.385. The number of piperazine rings is 1. The van der Waals surface area contributed by atoms with E-state index in [1.165, 1.54) is 50.7 Å². The number of nitrogens with one attached hydrogen (secondary N) is 1. The highest BCUT2D eigenvalue weighted by Crippen LogP contribution is 2.77. The molecule has 0 amide bonds. The molecular weight excluding hydrogens is 849 g/mol. The summed E-state index contributed by atoms with van der Waals surface area (Å²) in [5, 5.41) is 16.4. The summed E-state index contributed by atoms with van der Waals surface area (Å²) in [6.07, 6.45) is 13.7. The molecule has 2 aliphatic heterocycles. The number of allylic oxidation sites excluding steroid dienone is 1. The summed E-state index contributed by atoms with van der Waals surface area (Å²) >= 11 is 0. The van der Waals surface area contributed by atoms with Crippen LogP contribution in [0.2, 0.25) is 0 Å². The second-order valence-corrected chi connectivity index (χ2v) is 25.2. The van der Waals surface area contributed by atoms with Gasteiger partial charge in [0, 0.05) is 102 Å². The quantitative estimate of drug-likeness (QED) is 0.0413. The number of hydrogen-bond acceptors (Lipinski definition) is 10. The molecule has 2 atom stereocenters. The second kappa shape index (κ2) is 15.3. The number of carbonyl (C=O) groups is 1. The van der Waals surface area contributed by atoms with Gasteiger partial charge in [-0.2, -0.15) is 0 Å². The molecule has 5 fully saturated rings. The van der Waals surface area contributed by atoms with Crippen LogP contribution in [0.5, 0.6) is 0 Å². The van der Waals surface area contributed by atoms with Crippen molar-refractivity contribution in [3.05, 3.63) is 93.3 Å². The number of ketones is 1. The summed E-state index contributed by atoms with van der Waals surface area (Å²) in [6.45, 7) is 12.8. The Labute approximate surface area is 375 Å². The van der Waals surface area contributed by atoms with Gasteiger partial charge >= 0.3 is 0 Å². The van der Waals surface area contributed by atoms with E-state index in [0.717, 1.165) is 49.9 Å². The standard InChI is InChI=1S/C48H58N8O6S2/c1-46(2)13-10-35(39(24-46)48-29-47(3,30-48)31-48)27-52-16-18-53(19-17-52)36-7-9-38(42(22-36)55-43-21-34-11-14-49-45(34)51-40(43)25-50-55)44(57)28-64(61,62)37-8-6-33(41(23-37)56(58)59)20-32-12-15-54(26-32)63(4,5)60/h6-9,11,14,21-23,25,32,50H,4,10,12-13,15-20,24,26-31H2,1-3,5H3. The van der Waals surface area contributed by atoms with Gasteiger partial charge in [0.1, 0.15) is 11.3 Å². The van der Waals surface area contributed by atoms with E-state index in [4.69, 9.17) is 4.98 Å². The number of fused-ring (bicyclic) bond motifs is 2. The van der Waals surface area contributed by atoms with Gasteiger partial charge in [0.25, 0.3) is 5.69 Å². The van der Waals surface area contributed by atoms with E-state index < -0.39 is 36.0 Å². The number of aromatic nitrogens is 4. The summed E-state index contributed by atoms with van der Waals surface area (Å²) in [6, 6.07) is 13.3. The number of sulfone groups is 1. The Morgan fingerprint density at radius 3 is 2.47 bits per heavy atom. The topological polar surface area (TPSA) is 168 Å². The van der Waals surface area contributed by atoms with Crippen LogP contribution in [0, 0.1) is 32.3 Å². The molecule has 5 heterocycles. The van der Waals surface area contributed by atoms with Crippen molar-refractivity contribution in [1.82, 2.24) is 29.0 Å². The van der Waals surface area contributed by atoms with Crippen molar-refractivity contribution in [2.45, 2.75) is 77.0 Å². The first-order valence-electron chi connectivity index (χ1n) is 22.5. The number of pyridine rings is 1. The molecule has 0 radical (unpaired) electrons. The van der Waals surface area contributed by atoms with Crippen molar-refractivity contribution in [2.75, 3.05) is 62.7 Å². The molecule has 1 N–H and O–H groups in total. The highest BCUT2D eigenvalue weighted by Gasteiger charge is 2.66. The Kier molecular flexibility index (Phi) is 10.3. The van der Waals surface area contributed by atoms with Crippen LogP contribution in [-0.4, -0.2) is 116 Å². The molecular formula is C48H58N8O6S2. The van der Waals surface area contributed by atoms with Crippen molar-refractivity contribution in [3.8, 4) is 5.69 Å². The van der Waals surface area contributed by atoms with Crippen LogP contribution in [0.15, 0.2) is 77.0 Å². The number of anilines is 1. The number of Topliss-reactive ketones (excluding diaryl/α,β-unsaturated/α-hetero) is 1. The van der Waals surface area contributed by atoms with Crippen LogP contribution < -0.4 is 4.90 Å². The van der Waals surface area contributed by atoms with E-state index >= 15 is 0 Å². The highest BCUT2D eigenvalue weighted by molar-refractivity contribution is 7.97. The largest absolute Gasteiger partial charge is 0.369 e. The van der Waals surface area contributed by atoms with Crippen molar-refractivity contribution in [1.29, 1.82) is 0 Å². The lowest BCUT2D eigenvalue weighted by Crippen LogP contribution is -2.61. The first kappa shape index (κ1) is 43.0. The molecule has 14 nitrogen and oxygen atoms in total.